The zero-order valence-electron chi connectivity index (χ0n) is 10.6. The number of halogens is 4. The molecule has 0 bridgehead atoms. The van der Waals surface area contributed by atoms with E-state index in [0.29, 0.717) is 29.2 Å². The highest BCUT2D eigenvalue weighted by atomic mass is 35.5. The van der Waals surface area contributed by atoms with Crippen LogP contribution in [0.1, 0.15) is 24.9 Å². The second-order valence-corrected chi connectivity index (χ2v) is 4.52. The lowest BCUT2D eigenvalue weighted by Crippen LogP contribution is -2.15. The summed E-state index contributed by atoms with van der Waals surface area (Å²) in [5, 5.41) is 4.26. The molecule has 0 N–H and O–H groups in total. The van der Waals surface area contributed by atoms with Crippen molar-refractivity contribution in [3.8, 4) is 0 Å². The summed E-state index contributed by atoms with van der Waals surface area (Å²) in [6, 6.07) is 0. The molecule has 0 aliphatic heterocycles. The maximum atomic E-state index is 12.4. The first-order chi connectivity index (χ1) is 8.87. The molecule has 0 radical (unpaired) electrons. The molecule has 0 atom stereocenters. The normalized spacial score (nSPS) is 12.5. The van der Waals surface area contributed by atoms with Gasteiger partial charge in [0.25, 0.3) is 0 Å². The topological polar surface area (TPSA) is 35.6 Å². The molecular formula is C11H14ClF3N4. The molecule has 0 aliphatic rings. The van der Waals surface area contributed by atoms with Crippen LogP contribution in [0.3, 0.4) is 0 Å². The molecule has 0 aromatic carbocycles. The summed E-state index contributed by atoms with van der Waals surface area (Å²) in [5.41, 5.74) is 1.94. The van der Waals surface area contributed by atoms with E-state index in [1.807, 2.05) is 6.92 Å². The summed E-state index contributed by atoms with van der Waals surface area (Å²) in [7, 11) is 0. The molecule has 2 aromatic heterocycles. The minimum Gasteiger partial charge on any atom is -0.312 e. The van der Waals surface area contributed by atoms with Crippen LogP contribution in [0, 0.1) is 6.92 Å². The predicted octanol–water partition coefficient (Wildman–Crippen LogP) is 3.25. The van der Waals surface area contributed by atoms with Gasteiger partial charge in [0.15, 0.2) is 5.65 Å². The van der Waals surface area contributed by atoms with Crippen molar-refractivity contribution in [3.63, 3.8) is 0 Å². The van der Waals surface area contributed by atoms with Crippen molar-refractivity contribution < 1.29 is 13.2 Å². The van der Waals surface area contributed by atoms with Crippen LogP contribution in [0.15, 0.2) is 0 Å². The Balaban J connectivity index is 2.49. The van der Waals surface area contributed by atoms with Crippen molar-refractivity contribution in [2.45, 2.75) is 45.4 Å². The van der Waals surface area contributed by atoms with Gasteiger partial charge in [-0.1, -0.05) is 0 Å². The van der Waals surface area contributed by atoms with Gasteiger partial charge in [0, 0.05) is 13.1 Å². The molecule has 0 saturated heterocycles. The fourth-order valence-corrected chi connectivity index (χ4v) is 2.27. The van der Waals surface area contributed by atoms with Crippen LogP contribution >= 0.6 is 11.6 Å². The van der Waals surface area contributed by atoms with Crippen LogP contribution in [0.25, 0.3) is 11.2 Å². The number of rotatable bonds is 4. The van der Waals surface area contributed by atoms with Crippen LogP contribution < -0.4 is 0 Å². The van der Waals surface area contributed by atoms with E-state index in [9.17, 15) is 13.2 Å². The first-order valence-corrected chi connectivity index (χ1v) is 6.46. The molecule has 19 heavy (non-hydrogen) atoms. The van der Waals surface area contributed by atoms with Crippen LogP contribution in [0.2, 0.25) is 0 Å². The van der Waals surface area contributed by atoms with Crippen LogP contribution in [-0.4, -0.2) is 25.5 Å². The van der Waals surface area contributed by atoms with E-state index in [1.165, 1.54) is 4.57 Å². The first-order valence-electron chi connectivity index (χ1n) is 5.92. The van der Waals surface area contributed by atoms with Gasteiger partial charge in [-0.15, -0.1) is 11.6 Å². The van der Waals surface area contributed by atoms with Crippen molar-refractivity contribution in [2.75, 3.05) is 0 Å². The maximum Gasteiger partial charge on any atom is 0.390 e. The van der Waals surface area contributed by atoms with Crippen molar-refractivity contribution in [3.05, 3.63) is 11.5 Å². The summed E-state index contributed by atoms with van der Waals surface area (Å²) in [5.74, 6) is 0.527. The van der Waals surface area contributed by atoms with Crippen molar-refractivity contribution in [1.82, 2.24) is 19.3 Å². The van der Waals surface area contributed by atoms with Crippen LogP contribution in [0.4, 0.5) is 13.2 Å². The highest BCUT2D eigenvalue weighted by Crippen LogP contribution is 2.25. The number of hydrogen-bond acceptors (Lipinski definition) is 2. The second-order valence-electron chi connectivity index (χ2n) is 4.25. The third-order valence-electron chi connectivity index (χ3n) is 2.92. The van der Waals surface area contributed by atoms with Crippen molar-refractivity contribution in [1.29, 1.82) is 0 Å². The number of hydrogen-bond donors (Lipinski definition) is 0. The van der Waals surface area contributed by atoms with Gasteiger partial charge in [0.05, 0.1) is 18.0 Å². The maximum absolute atomic E-state index is 12.4. The minimum atomic E-state index is -4.20. The predicted molar refractivity (Wildman–Crippen MR) is 66.2 cm³/mol. The summed E-state index contributed by atoms with van der Waals surface area (Å²) < 4.78 is 40.3. The fourth-order valence-electron chi connectivity index (χ4n) is 2.07. The molecule has 0 fully saturated rings. The van der Waals surface area contributed by atoms with Gasteiger partial charge in [0.2, 0.25) is 0 Å². The Morgan fingerprint density at radius 1 is 1.32 bits per heavy atom. The monoisotopic (exact) mass is 294 g/mol. The Hall–Kier alpha value is -1.24. The van der Waals surface area contributed by atoms with Crippen LogP contribution in [-0.2, 0) is 19.0 Å². The zero-order chi connectivity index (χ0) is 14.2. The van der Waals surface area contributed by atoms with Crippen molar-refractivity contribution in [2.24, 2.45) is 0 Å². The van der Waals surface area contributed by atoms with E-state index in [0.717, 1.165) is 0 Å². The molecule has 2 aromatic rings. The second kappa shape index (κ2) is 5.03. The molecule has 106 valence electrons. The number of imidazole rings is 1. The summed E-state index contributed by atoms with van der Waals surface area (Å²) >= 11 is 5.76. The largest absolute Gasteiger partial charge is 0.390 e. The Morgan fingerprint density at radius 3 is 2.53 bits per heavy atom. The molecule has 0 unspecified atom stereocenters. The number of aryl methyl sites for hydroxylation is 3. The Morgan fingerprint density at radius 2 is 2.00 bits per heavy atom. The Kier molecular flexibility index (Phi) is 3.75. The lowest BCUT2D eigenvalue weighted by Gasteiger charge is -2.11. The molecule has 2 heterocycles. The molecule has 0 saturated carbocycles. The number of nitrogens with zero attached hydrogens (tertiary/aromatic N) is 4. The number of fused-ring (bicyclic) bond motifs is 1. The van der Waals surface area contributed by atoms with Gasteiger partial charge >= 0.3 is 6.18 Å². The highest BCUT2D eigenvalue weighted by Gasteiger charge is 2.28. The van der Waals surface area contributed by atoms with Crippen molar-refractivity contribution >= 4 is 22.8 Å². The third kappa shape index (κ3) is 2.70. The molecule has 0 spiro atoms. The van der Waals surface area contributed by atoms with E-state index < -0.39 is 12.6 Å². The van der Waals surface area contributed by atoms with Gasteiger partial charge in [-0.3, -0.25) is 0 Å². The van der Waals surface area contributed by atoms with Gasteiger partial charge in [0.1, 0.15) is 11.3 Å². The Bertz CT molecular complexity index is 585. The smallest absolute Gasteiger partial charge is 0.312 e. The summed E-state index contributed by atoms with van der Waals surface area (Å²) in [6.07, 6.45) is -5.11. The third-order valence-corrected chi connectivity index (χ3v) is 3.15. The zero-order valence-corrected chi connectivity index (χ0v) is 11.4. The fraction of sp³-hybridized carbons (Fsp3) is 0.636. The highest BCUT2D eigenvalue weighted by molar-refractivity contribution is 6.16. The standard InChI is InChI=1S/C11H14ClF3N4/c1-3-19-10-9(7(2)17-19)16-8(6-12)18(10)5-4-11(13,14)15/h3-6H2,1-2H3. The van der Waals surface area contributed by atoms with E-state index in [4.69, 9.17) is 11.6 Å². The molecular weight excluding hydrogens is 281 g/mol. The molecule has 0 aliphatic carbocycles. The summed E-state index contributed by atoms with van der Waals surface area (Å²) in [6.45, 7) is 4.05. The SMILES string of the molecule is CCn1nc(C)c2nc(CCl)n(CCC(F)(F)F)c21. The van der Waals surface area contributed by atoms with E-state index in [-0.39, 0.29) is 12.4 Å². The molecule has 4 nitrogen and oxygen atoms in total. The van der Waals surface area contributed by atoms with E-state index >= 15 is 0 Å². The molecule has 0 amide bonds. The van der Waals surface area contributed by atoms with Gasteiger partial charge < -0.3 is 4.57 Å². The van der Waals surface area contributed by atoms with Gasteiger partial charge in [-0.05, 0) is 13.8 Å². The number of alkyl halides is 4. The average molecular weight is 295 g/mol. The summed E-state index contributed by atoms with van der Waals surface area (Å²) in [4.78, 5) is 4.28. The van der Waals surface area contributed by atoms with E-state index in [1.54, 1.807) is 11.6 Å². The average Bonchev–Trinajstić information content (AvgIpc) is 2.83. The van der Waals surface area contributed by atoms with Gasteiger partial charge in [-0.2, -0.15) is 18.3 Å². The first kappa shape index (κ1) is 14.2. The number of aromatic nitrogens is 4. The quantitative estimate of drug-likeness (QED) is 0.812. The minimum absolute atomic E-state index is 0.0791. The van der Waals surface area contributed by atoms with E-state index in [2.05, 4.69) is 10.1 Å². The van der Waals surface area contributed by atoms with Gasteiger partial charge in [-0.25, -0.2) is 9.67 Å². The molecule has 2 rings (SSSR count). The lowest BCUT2D eigenvalue weighted by molar-refractivity contribution is -0.136. The molecule has 8 heteroatoms. The lowest BCUT2D eigenvalue weighted by atomic mass is 10.4. The van der Waals surface area contributed by atoms with Crippen LogP contribution in [0.5, 0.6) is 0 Å². The Labute approximate surface area is 113 Å².